The first-order valence-corrected chi connectivity index (χ1v) is 8.74. The number of benzene rings is 1. The van der Waals surface area contributed by atoms with Gasteiger partial charge in [0.2, 0.25) is 0 Å². The van der Waals surface area contributed by atoms with Gasteiger partial charge in [-0.1, -0.05) is 13.8 Å². The maximum atomic E-state index is 13.3. The van der Waals surface area contributed by atoms with Gasteiger partial charge < -0.3 is 4.90 Å². The van der Waals surface area contributed by atoms with E-state index in [1.165, 1.54) is 12.1 Å². The number of H-pyrrole nitrogens is 1. The molecule has 0 aliphatic carbocycles. The van der Waals surface area contributed by atoms with Gasteiger partial charge in [-0.3, -0.25) is 10.1 Å². The first-order valence-electron chi connectivity index (χ1n) is 8.74. The van der Waals surface area contributed by atoms with E-state index in [0.29, 0.717) is 0 Å². The van der Waals surface area contributed by atoms with Gasteiger partial charge in [-0.05, 0) is 54.8 Å². The Bertz CT molecular complexity index is 790. The summed E-state index contributed by atoms with van der Waals surface area (Å²) >= 11 is 0. The molecule has 4 nitrogen and oxygen atoms in total. The predicted octanol–water partition coefficient (Wildman–Crippen LogP) is 4.90. The van der Waals surface area contributed by atoms with Gasteiger partial charge in [0.05, 0.1) is 11.3 Å². The molecule has 5 heteroatoms. The maximum Gasteiger partial charge on any atom is 0.158 e. The highest BCUT2D eigenvalue weighted by atomic mass is 19.1. The summed E-state index contributed by atoms with van der Waals surface area (Å²) in [6.07, 6.45) is 5.66. The third kappa shape index (κ3) is 3.71. The largest absolute Gasteiger partial charge is 0.355 e. The maximum absolute atomic E-state index is 13.3. The minimum Gasteiger partial charge on any atom is -0.355 e. The van der Waals surface area contributed by atoms with E-state index in [4.69, 9.17) is 0 Å². The van der Waals surface area contributed by atoms with Crippen molar-refractivity contribution in [3.05, 3.63) is 54.6 Å². The average molecular weight is 338 g/mol. The highest BCUT2D eigenvalue weighted by molar-refractivity contribution is 5.88. The third-order valence-corrected chi connectivity index (χ3v) is 4.14. The molecule has 130 valence electrons. The minimum atomic E-state index is -0.243. The summed E-state index contributed by atoms with van der Waals surface area (Å²) in [5, 5.41) is 7.79. The van der Waals surface area contributed by atoms with Gasteiger partial charge in [0, 0.05) is 31.0 Å². The molecule has 0 saturated carbocycles. The van der Waals surface area contributed by atoms with Crippen LogP contribution in [0.15, 0.2) is 48.8 Å². The van der Waals surface area contributed by atoms with Crippen LogP contribution in [0.3, 0.4) is 0 Å². The van der Waals surface area contributed by atoms with Crippen LogP contribution in [0.5, 0.6) is 0 Å². The Morgan fingerprint density at radius 2 is 1.56 bits per heavy atom. The van der Waals surface area contributed by atoms with E-state index in [1.54, 1.807) is 24.5 Å². The van der Waals surface area contributed by atoms with Gasteiger partial charge in [0.15, 0.2) is 5.82 Å². The van der Waals surface area contributed by atoms with Gasteiger partial charge >= 0.3 is 0 Å². The lowest BCUT2D eigenvalue weighted by Crippen LogP contribution is -2.25. The summed E-state index contributed by atoms with van der Waals surface area (Å²) in [4.78, 5) is 6.43. The quantitative estimate of drug-likeness (QED) is 0.666. The molecule has 3 aromatic rings. The molecular weight excluding hydrogens is 315 g/mol. The van der Waals surface area contributed by atoms with Crippen molar-refractivity contribution < 1.29 is 4.39 Å². The second-order valence-electron chi connectivity index (χ2n) is 6.03. The summed E-state index contributed by atoms with van der Waals surface area (Å²) < 4.78 is 13.3. The smallest absolute Gasteiger partial charge is 0.158 e. The number of aromatic nitrogens is 3. The fourth-order valence-corrected chi connectivity index (χ4v) is 3.04. The standard InChI is InChI=1S/C20H23FN4/c1-3-13-25(14-4-2)20-18(15-9-11-22-12-10-15)19(23-24-20)16-5-7-17(21)8-6-16/h5-12H,3-4,13-14H2,1-2H3,(H,23,24). The van der Waals surface area contributed by atoms with E-state index in [9.17, 15) is 4.39 Å². The van der Waals surface area contributed by atoms with Gasteiger partial charge in [0.25, 0.3) is 0 Å². The van der Waals surface area contributed by atoms with Gasteiger partial charge in [-0.15, -0.1) is 0 Å². The third-order valence-electron chi connectivity index (χ3n) is 4.14. The monoisotopic (exact) mass is 338 g/mol. The molecule has 1 aromatic carbocycles. The van der Waals surface area contributed by atoms with E-state index in [-0.39, 0.29) is 5.82 Å². The normalized spacial score (nSPS) is 10.8. The molecule has 0 bridgehead atoms. The Hall–Kier alpha value is -2.69. The minimum absolute atomic E-state index is 0.243. The molecule has 3 rings (SSSR count). The molecule has 1 N–H and O–H groups in total. The molecule has 25 heavy (non-hydrogen) atoms. The van der Waals surface area contributed by atoms with Crippen LogP contribution in [-0.4, -0.2) is 28.3 Å². The first-order chi connectivity index (χ1) is 12.2. The van der Waals surface area contributed by atoms with E-state index >= 15 is 0 Å². The summed E-state index contributed by atoms with van der Waals surface area (Å²) in [5.74, 6) is 0.696. The van der Waals surface area contributed by atoms with Crippen LogP contribution in [0.2, 0.25) is 0 Å². The van der Waals surface area contributed by atoms with Crippen LogP contribution in [0.25, 0.3) is 22.4 Å². The van der Waals surface area contributed by atoms with Crippen molar-refractivity contribution in [3.63, 3.8) is 0 Å². The number of halogens is 1. The van der Waals surface area contributed by atoms with Gasteiger partial charge in [-0.25, -0.2) is 4.39 Å². The lowest BCUT2D eigenvalue weighted by atomic mass is 10.0. The molecule has 2 heterocycles. The molecule has 2 aromatic heterocycles. The fraction of sp³-hybridized carbons (Fsp3) is 0.300. The molecule has 0 amide bonds. The van der Waals surface area contributed by atoms with Crippen molar-refractivity contribution in [2.24, 2.45) is 0 Å². The van der Waals surface area contributed by atoms with Crippen LogP contribution in [-0.2, 0) is 0 Å². The molecule has 0 aliphatic heterocycles. The second kappa shape index (κ2) is 7.92. The van der Waals surface area contributed by atoms with Crippen molar-refractivity contribution in [1.29, 1.82) is 0 Å². The Kier molecular flexibility index (Phi) is 5.43. The van der Waals surface area contributed by atoms with Crippen LogP contribution in [0.4, 0.5) is 10.2 Å². The summed E-state index contributed by atoms with van der Waals surface area (Å²) in [5.41, 5.74) is 3.91. The molecule has 0 spiro atoms. The van der Waals surface area contributed by atoms with E-state index < -0.39 is 0 Å². The van der Waals surface area contributed by atoms with Crippen molar-refractivity contribution in [2.45, 2.75) is 26.7 Å². The number of nitrogens with one attached hydrogen (secondary N) is 1. The van der Waals surface area contributed by atoms with Gasteiger partial charge in [0.1, 0.15) is 5.82 Å². The molecule has 0 saturated heterocycles. The molecule has 0 aliphatic rings. The van der Waals surface area contributed by atoms with Crippen LogP contribution in [0, 0.1) is 5.82 Å². The predicted molar refractivity (Wildman–Crippen MR) is 100 cm³/mol. The summed E-state index contributed by atoms with van der Waals surface area (Å²) in [7, 11) is 0. The van der Waals surface area contributed by atoms with Crippen molar-refractivity contribution in [2.75, 3.05) is 18.0 Å². The average Bonchev–Trinajstić information content (AvgIpc) is 3.08. The number of rotatable bonds is 7. The first kappa shape index (κ1) is 17.1. The van der Waals surface area contributed by atoms with E-state index in [2.05, 4.69) is 33.9 Å². The molecule has 0 unspecified atom stereocenters. The zero-order valence-electron chi connectivity index (χ0n) is 14.7. The molecule has 0 fully saturated rings. The number of hydrogen-bond acceptors (Lipinski definition) is 3. The molecule has 0 atom stereocenters. The Balaban J connectivity index is 2.14. The number of anilines is 1. The lowest BCUT2D eigenvalue weighted by molar-refractivity contribution is 0.628. The van der Waals surface area contributed by atoms with Crippen molar-refractivity contribution >= 4 is 5.82 Å². The SMILES string of the molecule is CCCN(CCC)c1n[nH]c(-c2ccc(F)cc2)c1-c1ccncc1. The van der Waals surface area contributed by atoms with Gasteiger partial charge in [-0.2, -0.15) is 5.10 Å². The van der Waals surface area contributed by atoms with Crippen molar-refractivity contribution in [1.82, 2.24) is 15.2 Å². The van der Waals surface area contributed by atoms with E-state index in [0.717, 1.165) is 54.1 Å². The highest BCUT2D eigenvalue weighted by Gasteiger charge is 2.20. The topological polar surface area (TPSA) is 44.8 Å². The molecule has 0 radical (unpaired) electrons. The Morgan fingerprint density at radius 3 is 2.16 bits per heavy atom. The molecular formula is C20H23FN4. The van der Waals surface area contributed by atoms with Crippen LogP contribution >= 0.6 is 0 Å². The zero-order valence-corrected chi connectivity index (χ0v) is 14.7. The second-order valence-corrected chi connectivity index (χ2v) is 6.03. The zero-order chi connectivity index (χ0) is 17.6. The number of nitrogens with zero attached hydrogens (tertiary/aromatic N) is 3. The number of hydrogen-bond donors (Lipinski definition) is 1. The van der Waals surface area contributed by atoms with Crippen LogP contribution in [0.1, 0.15) is 26.7 Å². The Labute approximate surface area is 147 Å². The number of aromatic amines is 1. The lowest BCUT2D eigenvalue weighted by Gasteiger charge is -2.22. The fourth-order valence-electron chi connectivity index (χ4n) is 3.04. The number of pyridine rings is 1. The Morgan fingerprint density at radius 1 is 0.920 bits per heavy atom. The highest BCUT2D eigenvalue weighted by Crippen LogP contribution is 2.37. The van der Waals surface area contributed by atoms with Crippen molar-refractivity contribution in [3.8, 4) is 22.4 Å². The summed E-state index contributed by atoms with van der Waals surface area (Å²) in [6.45, 7) is 6.23. The summed E-state index contributed by atoms with van der Waals surface area (Å²) in [6, 6.07) is 10.5. The van der Waals surface area contributed by atoms with E-state index in [1.807, 2.05) is 12.1 Å². The van der Waals surface area contributed by atoms with Crippen LogP contribution < -0.4 is 4.90 Å².